The number of hydrogen-bond acceptors (Lipinski definition) is 7. The van der Waals surface area contributed by atoms with Gasteiger partial charge in [-0.3, -0.25) is 19.2 Å². The van der Waals surface area contributed by atoms with Crippen molar-refractivity contribution in [3.8, 4) is 51.1 Å². The largest absolute Gasteiger partial charge is 0.497 e. The molecule has 1 aliphatic rings. The smallest absolute Gasteiger partial charge is 0.303 e. The standard InChI is InChI=1S/C22H22N2O5.C22H20N2O4/c1-28-17-8-3-14(4-9-17)19-11-6-15(7-12-21(25)26)24(19)16-5-10-18(22(23)27)20(13-16)29-2;1-28-18-7-2-14(3-8-18)20-10-5-16(6-11-21(25)26)24(20)17-4-9-19-15(12-17)13-23-22(19)27/h3-6,8-11,13H,7,12H2,1-2H3,(H2,23,27)(H,25,26);2-5,7-10,12H,6,11,13H2,1H3,(H,23,27)(H,25,26). The number of benzene rings is 4. The molecule has 0 saturated carbocycles. The third-order valence-corrected chi connectivity index (χ3v) is 9.62. The van der Waals surface area contributed by atoms with Crippen molar-refractivity contribution in [2.24, 2.45) is 5.73 Å². The lowest BCUT2D eigenvalue weighted by Gasteiger charge is -2.16. The first-order valence-electron chi connectivity index (χ1n) is 18.0. The number of carboxylic acids is 2. The van der Waals surface area contributed by atoms with Crippen molar-refractivity contribution in [2.75, 3.05) is 21.3 Å². The number of ether oxygens (including phenoxy) is 3. The molecule has 2 amide bonds. The van der Waals surface area contributed by atoms with Gasteiger partial charge in [-0.05, 0) is 133 Å². The Hall–Kier alpha value is -7.28. The van der Waals surface area contributed by atoms with Gasteiger partial charge in [0.2, 0.25) is 0 Å². The summed E-state index contributed by atoms with van der Waals surface area (Å²) in [7, 11) is 4.70. The minimum Gasteiger partial charge on any atom is -0.497 e. The number of nitrogens with one attached hydrogen (secondary N) is 1. The van der Waals surface area contributed by atoms with Crippen LogP contribution in [0.5, 0.6) is 17.2 Å². The van der Waals surface area contributed by atoms with E-state index in [1.54, 1.807) is 32.4 Å². The third-order valence-electron chi connectivity index (χ3n) is 9.62. The number of amides is 2. The molecule has 13 heteroatoms. The molecule has 0 spiro atoms. The molecule has 0 aliphatic carbocycles. The van der Waals surface area contributed by atoms with E-state index in [0.717, 1.165) is 62.3 Å². The molecule has 2 aromatic heterocycles. The molecule has 0 fully saturated rings. The van der Waals surface area contributed by atoms with Gasteiger partial charge >= 0.3 is 11.9 Å². The average Bonchev–Trinajstić information content (AvgIpc) is 3.96. The van der Waals surface area contributed by atoms with E-state index in [1.807, 2.05) is 95.6 Å². The Labute approximate surface area is 328 Å². The van der Waals surface area contributed by atoms with Gasteiger partial charge in [-0.15, -0.1) is 0 Å². The number of carbonyl (C=O) groups excluding carboxylic acids is 2. The number of carbonyl (C=O) groups is 4. The van der Waals surface area contributed by atoms with E-state index in [9.17, 15) is 19.2 Å². The number of rotatable bonds is 14. The number of methoxy groups -OCH3 is 3. The van der Waals surface area contributed by atoms with Crippen LogP contribution >= 0.6 is 0 Å². The zero-order chi connectivity index (χ0) is 40.6. The predicted octanol–water partition coefficient (Wildman–Crippen LogP) is 6.69. The lowest BCUT2D eigenvalue weighted by molar-refractivity contribution is -0.138. The highest BCUT2D eigenvalue weighted by Gasteiger charge is 2.21. The Kier molecular flexibility index (Phi) is 12.1. The molecule has 5 N–H and O–H groups in total. The maximum atomic E-state index is 11.9. The Balaban J connectivity index is 0.000000193. The maximum Gasteiger partial charge on any atom is 0.303 e. The molecular weight excluding hydrogens is 729 g/mol. The van der Waals surface area contributed by atoms with Gasteiger partial charge < -0.3 is 44.6 Å². The zero-order valence-corrected chi connectivity index (χ0v) is 31.7. The summed E-state index contributed by atoms with van der Waals surface area (Å²) < 4.78 is 19.8. The Bertz CT molecular complexity index is 2430. The predicted molar refractivity (Wildman–Crippen MR) is 214 cm³/mol. The summed E-state index contributed by atoms with van der Waals surface area (Å²) in [5.74, 6) is -0.472. The van der Waals surface area contributed by atoms with E-state index in [-0.39, 0.29) is 24.3 Å². The fourth-order valence-electron chi connectivity index (χ4n) is 6.78. The molecule has 1 aliphatic heterocycles. The van der Waals surface area contributed by atoms with Crippen molar-refractivity contribution < 1.29 is 43.6 Å². The van der Waals surface area contributed by atoms with Crippen LogP contribution in [0.25, 0.3) is 33.9 Å². The Morgan fingerprint density at radius 3 is 1.60 bits per heavy atom. The molecule has 6 aromatic rings. The van der Waals surface area contributed by atoms with Crippen LogP contribution in [-0.4, -0.2) is 64.4 Å². The molecule has 0 saturated heterocycles. The normalized spacial score (nSPS) is 11.5. The van der Waals surface area contributed by atoms with Gasteiger partial charge in [-0.25, -0.2) is 0 Å². The number of aliphatic carboxylic acids is 2. The molecule has 4 aromatic carbocycles. The van der Waals surface area contributed by atoms with E-state index < -0.39 is 17.8 Å². The molecule has 0 unspecified atom stereocenters. The van der Waals surface area contributed by atoms with E-state index in [0.29, 0.717) is 30.7 Å². The lowest BCUT2D eigenvalue weighted by Crippen LogP contribution is -2.13. The number of carboxylic acid groups (broad SMARTS) is 2. The molecule has 7 rings (SSSR count). The second-order valence-electron chi connectivity index (χ2n) is 13.1. The SMILES string of the molecule is COc1ccc(-c2ccc(CCC(=O)O)n2-c2ccc(C(N)=O)c(OC)c2)cc1.COc1ccc(-c2ccc(CCC(=O)O)n2-c2ccc3c(c2)CNC3=O)cc1. The van der Waals surface area contributed by atoms with E-state index in [2.05, 4.69) is 9.88 Å². The number of aryl methyl sites for hydroxylation is 2. The molecule has 292 valence electrons. The second kappa shape index (κ2) is 17.5. The van der Waals surface area contributed by atoms with E-state index in [1.165, 1.54) is 7.11 Å². The summed E-state index contributed by atoms with van der Waals surface area (Å²) in [6.45, 7) is 0.506. The van der Waals surface area contributed by atoms with E-state index >= 15 is 0 Å². The number of aromatic nitrogens is 2. The van der Waals surface area contributed by atoms with Crippen LogP contribution in [0.3, 0.4) is 0 Å². The lowest BCUT2D eigenvalue weighted by atomic mass is 10.1. The fourth-order valence-corrected chi connectivity index (χ4v) is 6.78. The van der Waals surface area contributed by atoms with Crippen LogP contribution in [0.15, 0.2) is 109 Å². The van der Waals surface area contributed by atoms with Crippen LogP contribution in [0.2, 0.25) is 0 Å². The topological polar surface area (TPSA) is 184 Å². The minimum atomic E-state index is -0.870. The summed E-state index contributed by atoms with van der Waals surface area (Å²) in [5.41, 5.74) is 14.5. The van der Waals surface area contributed by atoms with Crippen molar-refractivity contribution in [3.05, 3.63) is 137 Å². The number of fused-ring (bicyclic) bond motifs is 1. The van der Waals surface area contributed by atoms with Gasteiger partial charge in [0.1, 0.15) is 17.2 Å². The van der Waals surface area contributed by atoms with Gasteiger partial charge in [-0.1, -0.05) is 0 Å². The van der Waals surface area contributed by atoms with Crippen LogP contribution in [0, 0.1) is 0 Å². The van der Waals surface area contributed by atoms with Crippen molar-refractivity contribution in [1.82, 2.24) is 14.5 Å². The van der Waals surface area contributed by atoms with Gasteiger partial charge in [0.05, 0.1) is 51.1 Å². The number of nitrogens with two attached hydrogens (primary N) is 1. The summed E-state index contributed by atoms with van der Waals surface area (Å²) >= 11 is 0. The van der Waals surface area contributed by atoms with Crippen molar-refractivity contribution in [1.29, 1.82) is 0 Å². The molecule has 0 bridgehead atoms. The average molecular weight is 771 g/mol. The fraction of sp³-hybridized carbons (Fsp3) is 0.182. The maximum absolute atomic E-state index is 11.9. The van der Waals surface area contributed by atoms with Crippen LogP contribution in [0.4, 0.5) is 0 Å². The summed E-state index contributed by atoms with van der Waals surface area (Å²) in [5, 5.41) is 21.0. The van der Waals surface area contributed by atoms with Crippen molar-refractivity contribution >= 4 is 23.8 Å². The first kappa shape index (κ1) is 39.4. The third kappa shape index (κ3) is 8.83. The number of nitrogens with zero attached hydrogens (tertiary/aromatic N) is 2. The van der Waals surface area contributed by atoms with Crippen molar-refractivity contribution in [3.63, 3.8) is 0 Å². The number of primary amides is 1. The first-order valence-corrected chi connectivity index (χ1v) is 18.0. The van der Waals surface area contributed by atoms with Crippen LogP contribution in [-0.2, 0) is 29.0 Å². The van der Waals surface area contributed by atoms with Crippen LogP contribution < -0.4 is 25.3 Å². The van der Waals surface area contributed by atoms with Gasteiger partial charge in [-0.2, -0.15) is 0 Å². The summed E-state index contributed by atoms with van der Waals surface area (Å²) in [6.07, 6.45) is 0.824. The molecule has 0 radical (unpaired) electrons. The number of hydrogen-bond donors (Lipinski definition) is 4. The van der Waals surface area contributed by atoms with Gasteiger partial charge in [0.15, 0.2) is 0 Å². The second-order valence-corrected chi connectivity index (χ2v) is 13.1. The quantitative estimate of drug-likeness (QED) is 0.0937. The van der Waals surface area contributed by atoms with Crippen LogP contribution in [0.1, 0.15) is 50.5 Å². The first-order chi connectivity index (χ1) is 27.5. The minimum absolute atomic E-state index is 0.00255. The van der Waals surface area contributed by atoms with Gasteiger partial charge in [0.25, 0.3) is 11.8 Å². The molecular formula is C44H42N4O9. The van der Waals surface area contributed by atoms with E-state index in [4.69, 9.17) is 30.2 Å². The highest BCUT2D eigenvalue weighted by molar-refractivity contribution is 5.98. The highest BCUT2D eigenvalue weighted by Crippen LogP contribution is 2.33. The van der Waals surface area contributed by atoms with Gasteiger partial charge in [0, 0.05) is 40.9 Å². The zero-order valence-electron chi connectivity index (χ0n) is 31.7. The Morgan fingerprint density at radius 2 is 1.14 bits per heavy atom. The molecule has 3 heterocycles. The summed E-state index contributed by atoms with van der Waals surface area (Å²) in [6, 6.07) is 33.9. The summed E-state index contributed by atoms with van der Waals surface area (Å²) in [4.78, 5) is 45.7. The Morgan fingerprint density at radius 1 is 0.649 bits per heavy atom. The highest BCUT2D eigenvalue weighted by atomic mass is 16.5. The monoisotopic (exact) mass is 770 g/mol. The van der Waals surface area contributed by atoms with Crippen molar-refractivity contribution in [2.45, 2.75) is 32.2 Å². The molecule has 13 nitrogen and oxygen atoms in total. The molecule has 57 heavy (non-hydrogen) atoms. The molecule has 0 atom stereocenters.